The first-order valence-corrected chi connectivity index (χ1v) is 11.5. The van der Waals surface area contributed by atoms with Gasteiger partial charge in [-0.2, -0.15) is 0 Å². The molecule has 0 saturated carbocycles. The van der Waals surface area contributed by atoms with Crippen LogP contribution in [0.15, 0.2) is 91.0 Å². The summed E-state index contributed by atoms with van der Waals surface area (Å²) < 4.78 is 0. The second kappa shape index (κ2) is 8.55. The Morgan fingerprint density at radius 3 is 1.26 bits per heavy atom. The number of hydrogen-bond donors (Lipinski definition) is 0. The van der Waals surface area contributed by atoms with Crippen LogP contribution in [0.3, 0.4) is 0 Å². The van der Waals surface area contributed by atoms with E-state index in [2.05, 4.69) is 105 Å². The van der Waals surface area contributed by atoms with Gasteiger partial charge in [-0.05, 0) is 81.7 Å². The molecule has 4 aromatic rings. The maximum atomic E-state index is 2.45. The van der Waals surface area contributed by atoms with Crippen molar-refractivity contribution in [2.45, 2.75) is 45.4 Å². The van der Waals surface area contributed by atoms with Crippen LogP contribution in [0.25, 0.3) is 0 Å². The van der Waals surface area contributed by atoms with Gasteiger partial charge < -0.3 is 0 Å². The van der Waals surface area contributed by atoms with Gasteiger partial charge in [-0.15, -0.1) is 0 Å². The van der Waals surface area contributed by atoms with Gasteiger partial charge in [-0.3, -0.25) is 0 Å². The van der Waals surface area contributed by atoms with Crippen molar-refractivity contribution in [1.29, 1.82) is 0 Å². The fraction of sp³-hybridized carbons (Fsp3) is 0.226. The third kappa shape index (κ3) is 4.64. The second-order valence-corrected chi connectivity index (χ2v) is 9.35. The topological polar surface area (TPSA) is 0 Å². The molecule has 0 aliphatic heterocycles. The Balaban J connectivity index is 1.62. The molecule has 154 valence electrons. The van der Waals surface area contributed by atoms with Crippen molar-refractivity contribution in [3.8, 4) is 0 Å². The first-order valence-electron chi connectivity index (χ1n) is 11.5. The third-order valence-corrected chi connectivity index (χ3v) is 6.42. The van der Waals surface area contributed by atoms with Crippen LogP contribution in [0.2, 0.25) is 0 Å². The van der Waals surface area contributed by atoms with Crippen LogP contribution < -0.4 is 0 Å². The zero-order chi connectivity index (χ0) is 21.2. The standard InChI is InChI=1S/C31H30/c1-22(2)31-13-12-29-19-27-9-4-8-25(17-27)15-23-6-3-7-24(14-23)16-26-10-5-11-28(18-26)20-30(31)21-29/h3-14,17-18,21-22H,15-16,19-20H2,1-2H3. The lowest BCUT2D eigenvalue weighted by molar-refractivity contribution is 0.846. The molecule has 8 bridgehead atoms. The molecule has 5 rings (SSSR count). The van der Waals surface area contributed by atoms with E-state index in [4.69, 9.17) is 0 Å². The molecule has 0 heterocycles. The fourth-order valence-corrected chi connectivity index (χ4v) is 4.96. The van der Waals surface area contributed by atoms with Crippen LogP contribution in [0.1, 0.15) is 69.8 Å². The summed E-state index contributed by atoms with van der Waals surface area (Å²) in [6.07, 6.45) is 3.95. The van der Waals surface area contributed by atoms with E-state index in [1.165, 1.54) is 50.1 Å². The molecule has 0 nitrogen and oxygen atoms in total. The largest absolute Gasteiger partial charge is 0.0617 e. The normalized spacial score (nSPS) is 13.3. The van der Waals surface area contributed by atoms with Crippen molar-refractivity contribution in [2.75, 3.05) is 0 Å². The van der Waals surface area contributed by atoms with Crippen molar-refractivity contribution < 1.29 is 0 Å². The summed E-state index contributed by atoms with van der Waals surface area (Å²) in [6, 6.07) is 34.5. The lowest BCUT2D eigenvalue weighted by Gasteiger charge is -2.16. The predicted octanol–water partition coefficient (Wildman–Crippen LogP) is 7.49. The van der Waals surface area contributed by atoms with Gasteiger partial charge in [0.2, 0.25) is 0 Å². The molecule has 0 N–H and O–H groups in total. The summed E-state index contributed by atoms with van der Waals surface area (Å²) in [5, 5.41) is 0. The maximum Gasteiger partial charge on any atom is -0.00227 e. The Kier molecular flexibility index (Phi) is 5.47. The minimum Gasteiger partial charge on any atom is -0.0617 e. The zero-order valence-corrected chi connectivity index (χ0v) is 18.6. The molecule has 0 amide bonds. The van der Waals surface area contributed by atoms with Crippen LogP contribution in [-0.2, 0) is 25.7 Å². The molecular formula is C31H30. The molecule has 0 atom stereocenters. The summed E-state index contributed by atoms with van der Waals surface area (Å²) in [5.74, 6) is 0.531. The minimum atomic E-state index is 0.531. The molecule has 31 heavy (non-hydrogen) atoms. The van der Waals surface area contributed by atoms with Gasteiger partial charge >= 0.3 is 0 Å². The summed E-state index contributed by atoms with van der Waals surface area (Å²) in [6.45, 7) is 4.61. The molecule has 0 unspecified atom stereocenters. The molecule has 0 radical (unpaired) electrons. The van der Waals surface area contributed by atoms with Gasteiger partial charge in [0.15, 0.2) is 0 Å². The Bertz CT molecular complexity index is 1210. The molecule has 0 fully saturated rings. The number of benzene rings is 4. The van der Waals surface area contributed by atoms with E-state index in [0.717, 1.165) is 25.7 Å². The summed E-state index contributed by atoms with van der Waals surface area (Å²) >= 11 is 0. The van der Waals surface area contributed by atoms with E-state index in [0.29, 0.717) is 5.92 Å². The van der Waals surface area contributed by atoms with Crippen LogP contribution >= 0.6 is 0 Å². The van der Waals surface area contributed by atoms with E-state index in [-0.39, 0.29) is 0 Å². The third-order valence-electron chi connectivity index (χ3n) is 6.42. The molecule has 1 aliphatic carbocycles. The zero-order valence-electron chi connectivity index (χ0n) is 18.6. The lowest BCUT2D eigenvalue weighted by Crippen LogP contribution is -2.01. The van der Waals surface area contributed by atoms with Crippen LogP contribution in [0.5, 0.6) is 0 Å². The van der Waals surface area contributed by atoms with Gasteiger partial charge in [0.05, 0.1) is 0 Å². The highest BCUT2D eigenvalue weighted by Crippen LogP contribution is 2.26. The smallest absolute Gasteiger partial charge is 0.00227 e. The van der Waals surface area contributed by atoms with Gasteiger partial charge in [-0.1, -0.05) is 105 Å². The number of fused-ring (bicyclic) bond motifs is 8. The fourth-order valence-electron chi connectivity index (χ4n) is 4.96. The molecule has 0 heteroatoms. The monoisotopic (exact) mass is 402 g/mol. The first kappa shape index (κ1) is 19.8. The highest BCUT2D eigenvalue weighted by atomic mass is 14.2. The van der Waals surface area contributed by atoms with Gasteiger partial charge in [-0.25, -0.2) is 0 Å². The van der Waals surface area contributed by atoms with Crippen molar-refractivity contribution in [2.24, 2.45) is 0 Å². The van der Waals surface area contributed by atoms with Crippen LogP contribution in [0.4, 0.5) is 0 Å². The van der Waals surface area contributed by atoms with E-state index in [9.17, 15) is 0 Å². The van der Waals surface area contributed by atoms with E-state index in [1.807, 2.05) is 0 Å². The Hall–Kier alpha value is -3.12. The molecule has 1 aliphatic rings. The summed E-state index contributed by atoms with van der Waals surface area (Å²) in [5.41, 5.74) is 12.7. The molecule has 0 aromatic heterocycles. The van der Waals surface area contributed by atoms with Gasteiger partial charge in [0.25, 0.3) is 0 Å². The SMILES string of the molecule is CC(C)c1ccc2cc1Cc1cccc(c1)Cc1cccc(c1)Cc1cccc(c1)C2. The van der Waals surface area contributed by atoms with E-state index < -0.39 is 0 Å². The Morgan fingerprint density at radius 1 is 0.452 bits per heavy atom. The van der Waals surface area contributed by atoms with E-state index in [1.54, 1.807) is 0 Å². The Labute approximate surface area is 186 Å². The molecule has 4 aromatic carbocycles. The number of rotatable bonds is 1. The van der Waals surface area contributed by atoms with Crippen molar-refractivity contribution >= 4 is 0 Å². The number of hydrogen-bond acceptors (Lipinski definition) is 0. The molecule has 0 saturated heterocycles. The predicted molar refractivity (Wildman–Crippen MR) is 131 cm³/mol. The van der Waals surface area contributed by atoms with E-state index >= 15 is 0 Å². The van der Waals surface area contributed by atoms with Crippen molar-refractivity contribution in [1.82, 2.24) is 0 Å². The molecular weight excluding hydrogens is 372 g/mol. The van der Waals surface area contributed by atoms with Gasteiger partial charge in [0, 0.05) is 0 Å². The quantitative estimate of drug-likeness (QED) is 0.272. The van der Waals surface area contributed by atoms with Crippen molar-refractivity contribution in [3.05, 3.63) is 141 Å². The van der Waals surface area contributed by atoms with Crippen LogP contribution in [0, 0.1) is 0 Å². The van der Waals surface area contributed by atoms with Gasteiger partial charge in [0.1, 0.15) is 0 Å². The average molecular weight is 403 g/mol. The lowest BCUT2D eigenvalue weighted by atomic mass is 9.89. The Morgan fingerprint density at radius 2 is 0.839 bits per heavy atom. The van der Waals surface area contributed by atoms with Crippen molar-refractivity contribution in [3.63, 3.8) is 0 Å². The average Bonchev–Trinajstić information content (AvgIpc) is 2.74. The maximum absolute atomic E-state index is 2.45. The summed E-state index contributed by atoms with van der Waals surface area (Å²) in [4.78, 5) is 0. The highest BCUT2D eigenvalue weighted by Gasteiger charge is 2.11. The molecule has 0 spiro atoms. The second-order valence-electron chi connectivity index (χ2n) is 9.35. The summed E-state index contributed by atoms with van der Waals surface area (Å²) in [7, 11) is 0. The highest BCUT2D eigenvalue weighted by molar-refractivity contribution is 5.42. The minimum absolute atomic E-state index is 0.531. The first-order chi connectivity index (χ1) is 15.1. The van der Waals surface area contributed by atoms with Crippen LogP contribution in [-0.4, -0.2) is 0 Å².